The third-order valence-electron chi connectivity index (χ3n) is 6.83. The highest BCUT2D eigenvalue weighted by molar-refractivity contribution is 7.89. The summed E-state index contributed by atoms with van der Waals surface area (Å²) in [5.74, 6) is -2.17. The second-order valence-corrected chi connectivity index (χ2v) is 11.6. The monoisotopic (exact) mass is 544 g/mol. The van der Waals surface area contributed by atoms with Crippen LogP contribution in [0.5, 0.6) is 0 Å². The van der Waals surface area contributed by atoms with Crippen molar-refractivity contribution >= 4 is 33.5 Å². The molecule has 2 aromatic rings. The number of nitrogens with zero attached hydrogens (tertiary/aromatic N) is 1. The minimum Gasteiger partial charge on any atom is -0.480 e. The second-order valence-electron chi connectivity index (χ2n) is 9.73. The summed E-state index contributed by atoms with van der Waals surface area (Å²) in [6.07, 6.45) is 0.529. The van der Waals surface area contributed by atoms with Crippen molar-refractivity contribution in [2.75, 3.05) is 18.4 Å². The van der Waals surface area contributed by atoms with Crippen LogP contribution < -0.4 is 16.0 Å². The van der Waals surface area contributed by atoms with Crippen molar-refractivity contribution < 1.29 is 33.0 Å². The van der Waals surface area contributed by atoms with Gasteiger partial charge in [-0.05, 0) is 56.0 Å². The molecule has 2 aliphatic rings. The first kappa shape index (κ1) is 27.7. The molecule has 12 heteroatoms. The number of hydrogen-bond donors (Lipinski definition) is 5. The van der Waals surface area contributed by atoms with E-state index in [1.165, 1.54) is 12.1 Å². The van der Waals surface area contributed by atoms with Gasteiger partial charge in [0.05, 0.1) is 17.0 Å². The van der Waals surface area contributed by atoms with Gasteiger partial charge in [0.2, 0.25) is 21.8 Å². The Hall–Kier alpha value is -3.32. The maximum atomic E-state index is 13.2. The lowest BCUT2D eigenvalue weighted by Crippen LogP contribution is -2.51. The molecule has 2 fully saturated rings. The predicted molar refractivity (Wildman–Crippen MR) is 139 cm³/mol. The fourth-order valence-electron chi connectivity index (χ4n) is 4.71. The first-order valence-electron chi connectivity index (χ1n) is 12.5. The lowest BCUT2D eigenvalue weighted by atomic mass is 10.0. The predicted octanol–water partition coefficient (Wildman–Crippen LogP) is 0.622. The molecule has 0 spiro atoms. The molecular formula is C26H32N4O7S. The van der Waals surface area contributed by atoms with Crippen LogP contribution in [-0.4, -0.2) is 78.0 Å². The Labute approximate surface area is 221 Å². The molecule has 11 nitrogen and oxygen atoms in total. The molecule has 204 valence electrons. The number of hydrogen-bond acceptors (Lipinski definition) is 7. The van der Waals surface area contributed by atoms with Crippen molar-refractivity contribution in [3.05, 3.63) is 59.7 Å². The smallest absolute Gasteiger partial charge is 0.326 e. The van der Waals surface area contributed by atoms with E-state index in [-0.39, 0.29) is 23.8 Å². The molecule has 4 rings (SSSR count). The fraction of sp³-hybridized carbons (Fsp3) is 0.423. The molecule has 2 saturated heterocycles. The van der Waals surface area contributed by atoms with Gasteiger partial charge in [-0.1, -0.05) is 29.8 Å². The molecule has 0 bridgehead atoms. The van der Waals surface area contributed by atoms with Crippen LogP contribution in [0.15, 0.2) is 53.4 Å². The summed E-state index contributed by atoms with van der Waals surface area (Å²) in [7, 11) is -3.92. The molecule has 2 amide bonds. The first-order valence-corrected chi connectivity index (χ1v) is 13.9. The van der Waals surface area contributed by atoms with E-state index in [1.54, 1.807) is 36.4 Å². The highest BCUT2D eigenvalue weighted by Crippen LogP contribution is 2.26. The third kappa shape index (κ3) is 6.38. The number of carboxylic acid groups (broad SMARTS) is 1. The summed E-state index contributed by atoms with van der Waals surface area (Å²) < 4.78 is 27.5. The van der Waals surface area contributed by atoms with Crippen LogP contribution in [-0.2, 0) is 30.8 Å². The number of carbonyl (C=O) groups is 3. The van der Waals surface area contributed by atoms with E-state index in [0.29, 0.717) is 37.1 Å². The SMILES string of the molecule is Cc1ccc(S(=O)(=O)N2CCC[C@H]2C(=O)N[C@@H](Cc2ccc(NC(=O)[C@@H]3CC(O)CN3)cc2)C(=O)O)cc1. The minimum absolute atomic E-state index is 0.0247. The van der Waals surface area contributed by atoms with Crippen molar-refractivity contribution in [1.82, 2.24) is 14.9 Å². The van der Waals surface area contributed by atoms with E-state index in [4.69, 9.17) is 0 Å². The van der Waals surface area contributed by atoms with Crippen molar-refractivity contribution in [1.29, 1.82) is 0 Å². The largest absolute Gasteiger partial charge is 0.480 e. The summed E-state index contributed by atoms with van der Waals surface area (Å²) in [6, 6.07) is 10.2. The van der Waals surface area contributed by atoms with Crippen LogP contribution in [0.2, 0.25) is 0 Å². The van der Waals surface area contributed by atoms with Gasteiger partial charge >= 0.3 is 5.97 Å². The number of benzene rings is 2. The van der Waals surface area contributed by atoms with Gasteiger partial charge < -0.3 is 26.2 Å². The number of β-amino-alcohol motifs (C(OH)–C–C–N with tert-alkyl or cyclic N) is 1. The Morgan fingerprint density at radius 1 is 1.08 bits per heavy atom. The zero-order valence-corrected chi connectivity index (χ0v) is 21.8. The van der Waals surface area contributed by atoms with Gasteiger partial charge in [0.25, 0.3) is 0 Å². The highest BCUT2D eigenvalue weighted by Gasteiger charge is 2.40. The van der Waals surface area contributed by atoms with E-state index in [1.807, 2.05) is 6.92 Å². The molecule has 2 heterocycles. The Morgan fingerprint density at radius 3 is 2.37 bits per heavy atom. The molecule has 4 atom stereocenters. The first-order chi connectivity index (χ1) is 18.0. The number of aliphatic hydroxyl groups excluding tert-OH is 1. The van der Waals surface area contributed by atoms with Crippen LogP contribution in [0.25, 0.3) is 0 Å². The van der Waals surface area contributed by atoms with E-state index in [2.05, 4.69) is 16.0 Å². The number of anilines is 1. The van der Waals surface area contributed by atoms with Gasteiger partial charge in [-0.25, -0.2) is 13.2 Å². The molecule has 0 aliphatic carbocycles. The minimum atomic E-state index is -3.92. The van der Waals surface area contributed by atoms with Crippen LogP contribution in [0.3, 0.4) is 0 Å². The number of rotatable bonds is 9. The average Bonchev–Trinajstić information content (AvgIpc) is 3.55. The zero-order valence-electron chi connectivity index (χ0n) is 21.0. The van der Waals surface area contributed by atoms with Crippen LogP contribution in [0.1, 0.15) is 30.4 Å². The van der Waals surface area contributed by atoms with E-state index >= 15 is 0 Å². The van der Waals surface area contributed by atoms with Crippen LogP contribution in [0, 0.1) is 6.92 Å². The maximum absolute atomic E-state index is 13.2. The van der Waals surface area contributed by atoms with Crippen molar-refractivity contribution in [3.63, 3.8) is 0 Å². The lowest BCUT2D eigenvalue weighted by molar-refractivity contribution is -0.142. The molecule has 0 radical (unpaired) electrons. The molecule has 2 aromatic carbocycles. The van der Waals surface area contributed by atoms with E-state index in [0.717, 1.165) is 9.87 Å². The molecule has 38 heavy (non-hydrogen) atoms. The van der Waals surface area contributed by atoms with Gasteiger partial charge in [-0.2, -0.15) is 4.31 Å². The Morgan fingerprint density at radius 2 is 1.76 bits per heavy atom. The highest BCUT2D eigenvalue weighted by atomic mass is 32.2. The molecule has 0 aromatic heterocycles. The average molecular weight is 545 g/mol. The Kier molecular flexibility index (Phi) is 8.46. The van der Waals surface area contributed by atoms with Crippen molar-refractivity contribution in [3.8, 4) is 0 Å². The standard InChI is InChI=1S/C26H32N4O7S/c1-16-4-10-20(11-5-16)38(36,37)30-12-2-3-23(30)25(33)29-22(26(34)35)13-17-6-8-18(9-7-17)28-24(32)21-14-19(31)15-27-21/h4-11,19,21-23,27,31H,2-3,12-15H2,1H3,(H,28,32)(H,29,33)(H,34,35)/t19?,21-,22-,23-/m0/s1. The summed E-state index contributed by atoms with van der Waals surface area (Å²) in [4.78, 5) is 37.4. The van der Waals surface area contributed by atoms with Gasteiger partial charge in [-0.3, -0.25) is 9.59 Å². The van der Waals surface area contributed by atoms with E-state index < -0.39 is 46.1 Å². The topological polar surface area (TPSA) is 165 Å². The van der Waals surface area contributed by atoms with Crippen molar-refractivity contribution in [2.24, 2.45) is 0 Å². The van der Waals surface area contributed by atoms with Crippen molar-refractivity contribution in [2.45, 2.75) is 61.7 Å². The molecule has 5 N–H and O–H groups in total. The summed E-state index contributed by atoms with van der Waals surface area (Å²) in [5, 5.41) is 27.5. The van der Waals surface area contributed by atoms with Gasteiger partial charge in [0.1, 0.15) is 12.1 Å². The Balaban J connectivity index is 1.39. The number of aliphatic carboxylic acids is 1. The van der Waals surface area contributed by atoms with Crippen LogP contribution >= 0.6 is 0 Å². The third-order valence-corrected chi connectivity index (χ3v) is 8.76. The number of aryl methyl sites for hydroxylation is 1. The normalized spacial score (nSPS) is 22.6. The molecular weight excluding hydrogens is 512 g/mol. The molecule has 0 saturated carbocycles. The quantitative estimate of drug-likeness (QED) is 0.307. The number of nitrogens with one attached hydrogen (secondary N) is 3. The number of carboxylic acids is 1. The Bertz CT molecular complexity index is 1280. The summed E-state index contributed by atoms with van der Waals surface area (Å²) >= 11 is 0. The summed E-state index contributed by atoms with van der Waals surface area (Å²) in [6.45, 7) is 2.38. The number of carbonyl (C=O) groups excluding carboxylic acids is 2. The number of aliphatic hydroxyl groups is 1. The fourth-order valence-corrected chi connectivity index (χ4v) is 6.37. The lowest BCUT2D eigenvalue weighted by Gasteiger charge is -2.25. The van der Waals surface area contributed by atoms with Gasteiger partial charge in [-0.15, -0.1) is 0 Å². The number of sulfonamides is 1. The maximum Gasteiger partial charge on any atom is 0.326 e. The number of amides is 2. The molecule has 1 unspecified atom stereocenters. The second kappa shape index (κ2) is 11.6. The van der Waals surface area contributed by atoms with E-state index in [9.17, 15) is 33.0 Å². The summed E-state index contributed by atoms with van der Waals surface area (Å²) in [5.41, 5.74) is 2.03. The molecule has 2 aliphatic heterocycles. The van der Waals surface area contributed by atoms with Gasteiger partial charge in [0.15, 0.2) is 0 Å². The van der Waals surface area contributed by atoms with Crippen LogP contribution in [0.4, 0.5) is 5.69 Å². The van der Waals surface area contributed by atoms with Gasteiger partial charge in [0, 0.05) is 25.2 Å². The zero-order chi connectivity index (χ0) is 27.4.